The molecule has 1 aromatic carbocycles. The van der Waals surface area contributed by atoms with Crippen LogP contribution in [-0.4, -0.2) is 37.3 Å². The van der Waals surface area contributed by atoms with Crippen molar-refractivity contribution in [3.8, 4) is 11.3 Å². The molecular weight excluding hydrogens is 386 g/mol. The molecule has 1 amide bonds. The number of piperidine rings is 1. The molecule has 31 heavy (non-hydrogen) atoms. The van der Waals surface area contributed by atoms with E-state index in [-0.39, 0.29) is 11.9 Å². The Balaban J connectivity index is 1.64. The molecule has 3 aromatic heterocycles. The summed E-state index contributed by atoms with van der Waals surface area (Å²) >= 11 is 0. The van der Waals surface area contributed by atoms with E-state index in [9.17, 15) is 4.79 Å². The van der Waals surface area contributed by atoms with E-state index in [1.165, 1.54) is 6.33 Å². The lowest BCUT2D eigenvalue weighted by atomic mass is 9.94. The quantitative estimate of drug-likeness (QED) is 0.488. The summed E-state index contributed by atoms with van der Waals surface area (Å²) < 4.78 is 0. The number of rotatable bonds is 3. The number of carbonyl (C=O) groups is 1. The third-order valence-electron chi connectivity index (χ3n) is 5.96. The summed E-state index contributed by atoms with van der Waals surface area (Å²) in [5.74, 6) is 0.0321. The highest BCUT2D eigenvalue weighted by molar-refractivity contribution is 6.08. The van der Waals surface area contributed by atoms with Gasteiger partial charge in [-0.1, -0.05) is 24.3 Å². The van der Waals surface area contributed by atoms with E-state index in [0.29, 0.717) is 11.3 Å². The largest absolute Gasteiger partial charge is 0.332 e. The van der Waals surface area contributed by atoms with Gasteiger partial charge >= 0.3 is 0 Å². The third kappa shape index (κ3) is 3.65. The van der Waals surface area contributed by atoms with Gasteiger partial charge in [0, 0.05) is 42.3 Å². The van der Waals surface area contributed by atoms with Gasteiger partial charge in [0.25, 0.3) is 5.91 Å². The number of para-hydroxylation sites is 1. The molecule has 0 saturated carbocycles. The summed E-state index contributed by atoms with van der Waals surface area (Å²) in [4.78, 5) is 33.3. The van der Waals surface area contributed by atoms with Gasteiger partial charge in [0.15, 0.2) is 0 Å². The highest BCUT2D eigenvalue weighted by atomic mass is 16.2. The Kier molecular flexibility index (Phi) is 5.12. The van der Waals surface area contributed by atoms with Crippen LogP contribution in [-0.2, 0) is 0 Å². The molecule has 1 saturated heterocycles. The molecule has 0 radical (unpaired) electrons. The first-order valence-corrected chi connectivity index (χ1v) is 10.6. The molecule has 6 heteroatoms. The van der Waals surface area contributed by atoms with Crippen LogP contribution in [0.2, 0.25) is 0 Å². The number of hydrogen-bond acceptors (Lipinski definition) is 5. The minimum Gasteiger partial charge on any atom is -0.332 e. The standard InChI is InChI=1S/C25H23N5O/c1-17-6-4-8-20-21(12-22(29-24(17)20)19-14-27-16-28-15-19)25(31)30-11-3-2-9-23(30)18-7-5-10-26-13-18/h4-8,10,12-16,23H,2-3,9,11H2,1H3. The van der Waals surface area contributed by atoms with Gasteiger partial charge < -0.3 is 4.90 Å². The van der Waals surface area contributed by atoms with Crippen LogP contribution in [0, 0.1) is 6.92 Å². The molecule has 0 N–H and O–H groups in total. The van der Waals surface area contributed by atoms with Crippen LogP contribution in [0.4, 0.5) is 0 Å². The molecule has 4 heterocycles. The van der Waals surface area contributed by atoms with Crippen LogP contribution >= 0.6 is 0 Å². The molecule has 0 bridgehead atoms. The maximum Gasteiger partial charge on any atom is 0.255 e. The number of benzene rings is 1. The van der Waals surface area contributed by atoms with Crippen molar-refractivity contribution in [2.45, 2.75) is 32.2 Å². The molecule has 1 atom stereocenters. The number of likely N-dealkylation sites (tertiary alicyclic amines) is 1. The van der Waals surface area contributed by atoms with Crippen molar-refractivity contribution in [2.24, 2.45) is 0 Å². The summed E-state index contributed by atoms with van der Waals surface area (Å²) in [6, 6.07) is 11.9. The van der Waals surface area contributed by atoms with Gasteiger partial charge in [-0.2, -0.15) is 0 Å². The molecule has 1 aliphatic rings. The van der Waals surface area contributed by atoms with E-state index in [1.54, 1.807) is 18.6 Å². The number of amides is 1. The highest BCUT2D eigenvalue weighted by Crippen LogP contribution is 2.34. The maximum absolute atomic E-state index is 13.9. The molecule has 5 rings (SSSR count). The monoisotopic (exact) mass is 409 g/mol. The molecule has 0 spiro atoms. The first-order valence-electron chi connectivity index (χ1n) is 10.6. The molecule has 1 aliphatic heterocycles. The lowest BCUT2D eigenvalue weighted by Gasteiger charge is -2.36. The molecule has 4 aromatic rings. The molecular formula is C25H23N5O. The number of aryl methyl sites for hydroxylation is 1. The fraction of sp³-hybridized carbons (Fsp3) is 0.240. The first kappa shape index (κ1) is 19.3. The Labute approximate surface area is 181 Å². The average molecular weight is 409 g/mol. The van der Waals surface area contributed by atoms with Crippen LogP contribution in [0.15, 0.2) is 67.5 Å². The zero-order valence-electron chi connectivity index (χ0n) is 17.4. The van der Waals surface area contributed by atoms with E-state index in [4.69, 9.17) is 4.98 Å². The topological polar surface area (TPSA) is 71.9 Å². The minimum absolute atomic E-state index is 0.0321. The first-order chi connectivity index (χ1) is 15.2. The number of aromatic nitrogens is 4. The van der Waals surface area contributed by atoms with Crippen LogP contribution < -0.4 is 0 Å². The van der Waals surface area contributed by atoms with Crippen LogP contribution in [0.3, 0.4) is 0 Å². The second kappa shape index (κ2) is 8.22. The Bertz CT molecular complexity index is 1230. The zero-order chi connectivity index (χ0) is 21.2. The van der Waals surface area contributed by atoms with Crippen molar-refractivity contribution < 1.29 is 4.79 Å². The van der Waals surface area contributed by atoms with E-state index in [0.717, 1.165) is 53.4 Å². The van der Waals surface area contributed by atoms with E-state index in [2.05, 4.69) is 21.0 Å². The Morgan fingerprint density at radius 1 is 1.03 bits per heavy atom. The molecule has 0 aliphatic carbocycles. The number of fused-ring (bicyclic) bond motifs is 1. The van der Waals surface area contributed by atoms with Crippen molar-refractivity contribution in [2.75, 3.05) is 6.54 Å². The number of nitrogens with zero attached hydrogens (tertiary/aromatic N) is 5. The van der Waals surface area contributed by atoms with Crippen LogP contribution in [0.25, 0.3) is 22.2 Å². The minimum atomic E-state index is 0.0321. The lowest BCUT2D eigenvalue weighted by Crippen LogP contribution is -2.38. The van der Waals surface area contributed by atoms with Gasteiger partial charge in [0.2, 0.25) is 0 Å². The number of carbonyl (C=O) groups excluding carboxylic acids is 1. The van der Waals surface area contributed by atoms with Crippen LogP contribution in [0.1, 0.15) is 46.8 Å². The Morgan fingerprint density at radius 2 is 1.90 bits per heavy atom. The van der Waals surface area contributed by atoms with Gasteiger partial charge in [-0.25, -0.2) is 15.0 Å². The summed E-state index contributed by atoms with van der Waals surface area (Å²) in [6.07, 6.45) is 11.6. The van der Waals surface area contributed by atoms with Crippen molar-refractivity contribution in [3.05, 3.63) is 84.2 Å². The third-order valence-corrected chi connectivity index (χ3v) is 5.96. The van der Waals surface area contributed by atoms with E-state index >= 15 is 0 Å². The molecule has 154 valence electrons. The summed E-state index contributed by atoms with van der Waals surface area (Å²) in [6.45, 7) is 2.76. The van der Waals surface area contributed by atoms with Gasteiger partial charge in [-0.3, -0.25) is 9.78 Å². The number of pyridine rings is 2. The van der Waals surface area contributed by atoms with Crippen molar-refractivity contribution >= 4 is 16.8 Å². The van der Waals surface area contributed by atoms with Gasteiger partial charge in [0.1, 0.15) is 6.33 Å². The van der Waals surface area contributed by atoms with Crippen LogP contribution in [0.5, 0.6) is 0 Å². The van der Waals surface area contributed by atoms with Crippen molar-refractivity contribution in [3.63, 3.8) is 0 Å². The smallest absolute Gasteiger partial charge is 0.255 e. The van der Waals surface area contributed by atoms with Gasteiger partial charge in [-0.05, 0) is 49.4 Å². The summed E-state index contributed by atoms with van der Waals surface area (Å²) in [5.41, 5.74) is 5.13. The Morgan fingerprint density at radius 3 is 2.71 bits per heavy atom. The normalized spacial score (nSPS) is 16.4. The molecule has 1 unspecified atom stereocenters. The SMILES string of the molecule is Cc1cccc2c(C(=O)N3CCCCC3c3cccnc3)cc(-c3cncnc3)nc12. The molecule has 6 nitrogen and oxygen atoms in total. The van der Waals surface area contributed by atoms with E-state index in [1.807, 2.05) is 48.4 Å². The summed E-state index contributed by atoms with van der Waals surface area (Å²) in [7, 11) is 0. The van der Waals surface area contributed by atoms with Crippen molar-refractivity contribution in [1.82, 2.24) is 24.8 Å². The fourth-order valence-electron chi connectivity index (χ4n) is 4.40. The second-order valence-corrected chi connectivity index (χ2v) is 7.95. The summed E-state index contributed by atoms with van der Waals surface area (Å²) in [5, 5.41) is 0.876. The van der Waals surface area contributed by atoms with E-state index < -0.39 is 0 Å². The maximum atomic E-state index is 13.9. The second-order valence-electron chi connectivity index (χ2n) is 7.95. The molecule has 1 fully saturated rings. The predicted molar refractivity (Wildman–Crippen MR) is 119 cm³/mol. The van der Waals surface area contributed by atoms with Gasteiger partial charge in [-0.15, -0.1) is 0 Å². The fourth-order valence-corrected chi connectivity index (χ4v) is 4.40. The lowest BCUT2D eigenvalue weighted by molar-refractivity contribution is 0.0613. The predicted octanol–water partition coefficient (Wildman–Crippen LogP) is 4.76. The zero-order valence-corrected chi connectivity index (χ0v) is 17.4. The Hall–Kier alpha value is -3.67. The van der Waals surface area contributed by atoms with Gasteiger partial charge in [0.05, 0.1) is 22.8 Å². The van der Waals surface area contributed by atoms with Crippen molar-refractivity contribution in [1.29, 1.82) is 0 Å². The average Bonchev–Trinajstić information content (AvgIpc) is 2.84. The number of hydrogen-bond donors (Lipinski definition) is 0. The highest BCUT2D eigenvalue weighted by Gasteiger charge is 2.30.